The molecule has 4 nitrogen and oxygen atoms in total. The Balaban J connectivity index is 1.87. The molecule has 3 aromatic carbocycles. The summed E-state index contributed by atoms with van der Waals surface area (Å²) in [5.41, 5.74) is 2.81. The SMILES string of the molecule is CC(C)NC(=O)[C@H](Cc1ccccc1)N(Cc1ccc(Cl)c(Cl)c1)C(=O)CSCc1cccc(Cl)c1. The average molecular weight is 564 g/mol. The number of carbonyl (C=O) groups excluding carboxylic acids is 2. The molecule has 1 atom stereocenters. The van der Waals surface area contributed by atoms with E-state index in [1.807, 2.05) is 74.5 Å². The Labute approximate surface area is 232 Å². The lowest BCUT2D eigenvalue weighted by molar-refractivity contribution is -0.139. The molecule has 0 aliphatic rings. The van der Waals surface area contributed by atoms with Crippen molar-refractivity contribution >= 4 is 58.4 Å². The first kappa shape index (κ1) is 28.4. The summed E-state index contributed by atoms with van der Waals surface area (Å²) < 4.78 is 0. The van der Waals surface area contributed by atoms with Gasteiger partial charge in [0, 0.05) is 29.8 Å². The Morgan fingerprint density at radius 2 is 1.58 bits per heavy atom. The van der Waals surface area contributed by atoms with Crippen LogP contribution in [0.3, 0.4) is 0 Å². The molecule has 0 aromatic heterocycles. The molecular weight excluding hydrogens is 535 g/mol. The molecule has 0 heterocycles. The van der Waals surface area contributed by atoms with E-state index in [1.165, 1.54) is 11.8 Å². The Hall–Kier alpha value is -2.18. The molecule has 2 amide bonds. The van der Waals surface area contributed by atoms with Crippen LogP contribution in [-0.4, -0.2) is 34.6 Å². The molecular formula is C28H29Cl3N2O2S. The van der Waals surface area contributed by atoms with Crippen LogP contribution in [0.4, 0.5) is 0 Å². The van der Waals surface area contributed by atoms with Gasteiger partial charge in [-0.15, -0.1) is 11.8 Å². The number of amides is 2. The molecule has 0 saturated carbocycles. The average Bonchev–Trinajstić information content (AvgIpc) is 2.83. The molecule has 0 unspecified atom stereocenters. The summed E-state index contributed by atoms with van der Waals surface area (Å²) in [7, 11) is 0. The molecule has 8 heteroatoms. The van der Waals surface area contributed by atoms with Gasteiger partial charge >= 0.3 is 0 Å². The lowest BCUT2D eigenvalue weighted by Crippen LogP contribution is -2.52. The third-order valence-electron chi connectivity index (χ3n) is 5.42. The van der Waals surface area contributed by atoms with Gasteiger partial charge in [-0.25, -0.2) is 0 Å². The molecule has 0 aliphatic heterocycles. The minimum atomic E-state index is -0.691. The van der Waals surface area contributed by atoms with Gasteiger partial charge in [0.25, 0.3) is 0 Å². The summed E-state index contributed by atoms with van der Waals surface area (Å²) in [5, 5.41) is 4.50. The maximum absolute atomic E-state index is 13.6. The largest absolute Gasteiger partial charge is 0.352 e. The first-order chi connectivity index (χ1) is 17.2. The summed E-state index contributed by atoms with van der Waals surface area (Å²) in [5.74, 6) is 0.526. The number of halogens is 3. The second-order valence-electron chi connectivity index (χ2n) is 8.76. The standard InChI is InChI=1S/C28H29Cl3N2O2S/c1-19(2)32-28(35)26(15-20-7-4-3-5-8-20)33(16-21-11-12-24(30)25(31)14-21)27(34)18-36-17-22-9-6-10-23(29)13-22/h3-14,19,26H,15-18H2,1-2H3,(H,32,35)/t26-/m0/s1. The molecule has 0 aliphatic carbocycles. The van der Waals surface area contributed by atoms with Crippen molar-refractivity contribution in [1.29, 1.82) is 0 Å². The van der Waals surface area contributed by atoms with E-state index in [0.29, 0.717) is 27.2 Å². The topological polar surface area (TPSA) is 49.4 Å². The van der Waals surface area contributed by atoms with Crippen molar-refractivity contribution in [3.05, 3.63) is 105 Å². The second-order valence-corrected chi connectivity index (χ2v) is 11.0. The van der Waals surface area contributed by atoms with Gasteiger partial charge in [-0.3, -0.25) is 9.59 Å². The van der Waals surface area contributed by atoms with Crippen molar-refractivity contribution < 1.29 is 9.59 Å². The van der Waals surface area contributed by atoms with Gasteiger partial charge in [-0.1, -0.05) is 83.3 Å². The Morgan fingerprint density at radius 3 is 2.25 bits per heavy atom. The van der Waals surface area contributed by atoms with Crippen molar-refractivity contribution in [2.24, 2.45) is 0 Å². The highest BCUT2D eigenvalue weighted by Gasteiger charge is 2.30. The normalized spacial score (nSPS) is 11.8. The number of carbonyl (C=O) groups is 2. The van der Waals surface area contributed by atoms with Crippen molar-refractivity contribution in [2.75, 3.05) is 5.75 Å². The number of benzene rings is 3. The van der Waals surface area contributed by atoms with E-state index >= 15 is 0 Å². The molecule has 0 bridgehead atoms. The summed E-state index contributed by atoms with van der Waals surface area (Å²) in [6.45, 7) is 4.05. The fourth-order valence-electron chi connectivity index (χ4n) is 3.74. The quantitative estimate of drug-likeness (QED) is 0.272. The zero-order chi connectivity index (χ0) is 26.1. The van der Waals surface area contributed by atoms with Gasteiger partial charge < -0.3 is 10.2 Å². The first-order valence-electron chi connectivity index (χ1n) is 11.6. The summed E-state index contributed by atoms with van der Waals surface area (Å²) in [4.78, 5) is 28.6. The highest BCUT2D eigenvalue weighted by molar-refractivity contribution is 7.99. The second kappa shape index (κ2) is 13.9. The summed E-state index contributed by atoms with van der Waals surface area (Å²) in [6, 6.07) is 21.8. The van der Waals surface area contributed by atoms with Crippen LogP contribution in [0.25, 0.3) is 0 Å². The summed E-state index contributed by atoms with van der Waals surface area (Å²) >= 11 is 19.9. The number of nitrogens with one attached hydrogen (secondary N) is 1. The van der Waals surface area contributed by atoms with Gasteiger partial charge in [0.05, 0.1) is 15.8 Å². The van der Waals surface area contributed by atoms with Crippen molar-refractivity contribution in [3.8, 4) is 0 Å². The van der Waals surface area contributed by atoms with Gasteiger partial charge in [0.1, 0.15) is 6.04 Å². The van der Waals surface area contributed by atoms with E-state index in [-0.39, 0.29) is 30.2 Å². The highest BCUT2D eigenvalue weighted by atomic mass is 35.5. The predicted molar refractivity (Wildman–Crippen MR) is 152 cm³/mol. The van der Waals surface area contributed by atoms with E-state index in [2.05, 4.69) is 5.32 Å². The van der Waals surface area contributed by atoms with Crippen molar-refractivity contribution in [3.63, 3.8) is 0 Å². The van der Waals surface area contributed by atoms with Crippen LogP contribution >= 0.6 is 46.6 Å². The molecule has 3 rings (SSSR count). The Morgan fingerprint density at radius 1 is 0.861 bits per heavy atom. The minimum absolute atomic E-state index is 0.0603. The maximum Gasteiger partial charge on any atom is 0.243 e. The number of nitrogens with zero attached hydrogens (tertiary/aromatic N) is 1. The third kappa shape index (κ3) is 8.74. The van der Waals surface area contributed by atoms with Crippen LogP contribution in [0.1, 0.15) is 30.5 Å². The van der Waals surface area contributed by atoms with Gasteiger partial charge in [-0.2, -0.15) is 0 Å². The number of hydrogen-bond acceptors (Lipinski definition) is 3. The molecule has 190 valence electrons. The first-order valence-corrected chi connectivity index (χ1v) is 13.9. The maximum atomic E-state index is 13.6. The molecule has 0 spiro atoms. The van der Waals surface area contributed by atoms with Crippen molar-refractivity contribution in [1.82, 2.24) is 10.2 Å². The van der Waals surface area contributed by atoms with Crippen LogP contribution in [-0.2, 0) is 28.3 Å². The fraction of sp³-hybridized carbons (Fsp3) is 0.286. The lowest BCUT2D eigenvalue weighted by atomic mass is 10.0. The fourth-order valence-corrected chi connectivity index (χ4v) is 5.13. The van der Waals surface area contributed by atoms with Gasteiger partial charge in [-0.05, 0) is 54.8 Å². The van der Waals surface area contributed by atoms with E-state index in [9.17, 15) is 9.59 Å². The van der Waals surface area contributed by atoms with E-state index < -0.39 is 6.04 Å². The predicted octanol–water partition coefficient (Wildman–Crippen LogP) is 7.04. The highest BCUT2D eigenvalue weighted by Crippen LogP contribution is 2.25. The zero-order valence-corrected chi connectivity index (χ0v) is 23.3. The molecule has 1 N–H and O–H groups in total. The molecule has 36 heavy (non-hydrogen) atoms. The molecule has 3 aromatic rings. The van der Waals surface area contributed by atoms with Crippen molar-refractivity contribution in [2.45, 2.75) is 44.6 Å². The molecule has 0 fully saturated rings. The van der Waals surface area contributed by atoms with E-state index in [1.54, 1.807) is 17.0 Å². The third-order valence-corrected chi connectivity index (χ3v) is 7.38. The minimum Gasteiger partial charge on any atom is -0.352 e. The van der Waals surface area contributed by atoms with Gasteiger partial charge in [0.15, 0.2) is 0 Å². The van der Waals surface area contributed by atoms with Gasteiger partial charge in [0.2, 0.25) is 11.8 Å². The van der Waals surface area contributed by atoms with Crippen LogP contribution in [0, 0.1) is 0 Å². The Kier molecular flexibility index (Phi) is 11.0. The number of hydrogen-bond donors (Lipinski definition) is 1. The smallest absolute Gasteiger partial charge is 0.243 e. The summed E-state index contributed by atoms with van der Waals surface area (Å²) in [6.07, 6.45) is 0.394. The number of thioether (sulfide) groups is 1. The van der Waals surface area contributed by atoms with Crippen LogP contribution in [0.2, 0.25) is 15.1 Å². The Bertz CT molecular complexity index is 1170. The lowest BCUT2D eigenvalue weighted by Gasteiger charge is -2.32. The monoisotopic (exact) mass is 562 g/mol. The zero-order valence-electron chi connectivity index (χ0n) is 20.2. The van der Waals surface area contributed by atoms with Crippen LogP contribution < -0.4 is 5.32 Å². The molecule has 0 saturated heterocycles. The number of rotatable bonds is 11. The van der Waals surface area contributed by atoms with E-state index in [4.69, 9.17) is 34.8 Å². The van der Waals surface area contributed by atoms with Crippen LogP contribution in [0.5, 0.6) is 0 Å². The van der Waals surface area contributed by atoms with Crippen LogP contribution in [0.15, 0.2) is 72.8 Å². The van der Waals surface area contributed by atoms with E-state index in [0.717, 1.165) is 16.7 Å². The molecule has 0 radical (unpaired) electrons.